The van der Waals surface area contributed by atoms with Crippen LogP contribution in [0.5, 0.6) is 0 Å². The molecule has 90 valence electrons. The molecule has 1 rings (SSSR count). The maximum Gasteiger partial charge on any atom is 0.276 e. The maximum atomic E-state index is 12.2. The number of carbonyl (C=O) groups is 1. The summed E-state index contributed by atoms with van der Waals surface area (Å²) >= 11 is 0. The van der Waals surface area contributed by atoms with E-state index in [-0.39, 0.29) is 11.4 Å². The van der Waals surface area contributed by atoms with E-state index >= 15 is 0 Å². The van der Waals surface area contributed by atoms with E-state index in [1.807, 2.05) is 20.8 Å². The number of nitrogens with zero attached hydrogens (tertiary/aromatic N) is 3. The van der Waals surface area contributed by atoms with Crippen molar-refractivity contribution in [1.29, 1.82) is 0 Å². The van der Waals surface area contributed by atoms with E-state index in [9.17, 15) is 4.79 Å². The monoisotopic (exact) mass is 224 g/mol. The minimum atomic E-state index is -0.193. The highest BCUT2D eigenvalue weighted by atomic mass is 16.2. The second-order valence-electron chi connectivity index (χ2n) is 4.64. The first-order valence-corrected chi connectivity index (χ1v) is 5.37. The first-order chi connectivity index (χ1) is 7.29. The predicted octanol–water partition coefficient (Wildman–Crippen LogP) is 1.26. The Morgan fingerprint density at radius 2 is 2.19 bits per heavy atom. The van der Waals surface area contributed by atoms with Gasteiger partial charge in [0.1, 0.15) is 0 Å². The normalized spacial score (nSPS) is 11.6. The molecule has 5 heteroatoms. The quantitative estimate of drug-likeness (QED) is 0.840. The fraction of sp³-hybridized carbons (Fsp3) is 0.636. The van der Waals surface area contributed by atoms with Crippen molar-refractivity contribution in [3.8, 4) is 0 Å². The van der Waals surface area contributed by atoms with Crippen molar-refractivity contribution in [2.75, 3.05) is 12.8 Å². The standard InChI is InChI=1S/C11H20N4O/c1-6-11(2,3)15(5)10(16)9-8(12)7-14(4)13-9/h7H,6,12H2,1-5H3. The van der Waals surface area contributed by atoms with Gasteiger partial charge < -0.3 is 10.6 Å². The zero-order chi connectivity index (χ0) is 12.5. The average molecular weight is 224 g/mol. The van der Waals surface area contributed by atoms with Crippen molar-refractivity contribution >= 4 is 11.6 Å². The second kappa shape index (κ2) is 4.15. The van der Waals surface area contributed by atoms with Crippen LogP contribution < -0.4 is 5.73 Å². The molecule has 0 aromatic carbocycles. The van der Waals surface area contributed by atoms with Gasteiger partial charge in [0.05, 0.1) is 5.69 Å². The van der Waals surface area contributed by atoms with Crippen molar-refractivity contribution in [1.82, 2.24) is 14.7 Å². The number of carbonyl (C=O) groups excluding carboxylic acids is 1. The molecule has 0 spiro atoms. The highest BCUT2D eigenvalue weighted by molar-refractivity contribution is 5.97. The van der Waals surface area contributed by atoms with Crippen LogP contribution in [-0.2, 0) is 7.05 Å². The first-order valence-electron chi connectivity index (χ1n) is 5.37. The molecule has 1 heterocycles. The van der Waals surface area contributed by atoms with Gasteiger partial charge in [0.2, 0.25) is 0 Å². The third-order valence-electron chi connectivity index (χ3n) is 3.14. The lowest BCUT2D eigenvalue weighted by Gasteiger charge is -2.34. The number of rotatable bonds is 3. The van der Waals surface area contributed by atoms with Crippen molar-refractivity contribution in [2.45, 2.75) is 32.7 Å². The Morgan fingerprint density at radius 1 is 1.62 bits per heavy atom. The van der Waals surface area contributed by atoms with E-state index in [2.05, 4.69) is 5.10 Å². The number of aryl methyl sites for hydroxylation is 1. The summed E-state index contributed by atoms with van der Waals surface area (Å²) in [5.74, 6) is -0.134. The van der Waals surface area contributed by atoms with Gasteiger partial charge in [-0.05, 0) is 20.3 Å². The summed E-state index contributed by atoms with van der Waals surface area (Å²) in [6, 6.07) is 0. The number of anilines is 1. The van der Waals surface area contributed by atoms with E-state index in [0.717, 1.165) is 6.42 Å². The number of nitrogen functional groups attached to an aromatic ring is 1. The van der Waals surface area contributed by atoms with Crippen molar-refractivity contribution < 1.29 is 4.79 Å². The lowest BCUT2D eigenvalue weighted by Crippen LogP contribution is -2.44. The van der Waals surface area contributed by atoms with Crippen LogP contribution in [0, 0.1) is 0 Å². The second-order valence-corrected chi connectivity index (χ2v) is 4.64. The van der Waals surface area contributed by atoms with Crippen LogP contribution in [0.15, 0.2) is 6.20 Å². The van der Waals surface area contributed by atoms with E-state index in [1.54, 1.807) is 29.9 Å². The molecule has 0 radical (unpaired) electrons. The fourth-order valence-electron chi connectivity index (χ4n) is 1.34. The molecule has 1 amide bonds. The third-order valence-corrected chi connectivity index (χ3v) is 3.14. The molecule has 0 aliphatic rings. The summed E-state index contributed by atoms with van der Waals surface area (Å²) in [5, 5.41) is 4.08. The number of amides is 1. The Bertz CT molecular complexity index is 395. The molecular formula is C11H20N4O. The van der Waals surface area contributed by atoms with Gasteiger partial charge in [-0.15, -0.1) is 0 Å². The van der Waals surface area contributed by atoms with E-state index in [4.69, 9.17) is 5.73 Å². The minimum Gasteiger partial charge on any atom is -0.396 e. The van der Waals surface area contributed by atoms with Crippen LogP contribution >= 0.6 is 0 Å². The van der Waals surface area contributed by atoms with Crippen molar-refractivity contribution in [3.05, 3.63) is 11.9 Å². The van der Waals surface area contributed by atoms with Gasteiger partial charge >= 0.3 is 0 Å². The van der Waals surface area contributed by atoms with Gasteiger partial charge in [-0.25, -0.2) is 0 Å². The lowest BCUT2D eigenvalue weighted by molar-refractivity contribution is 0.0614. The summed E-state index contributed by atoms with van der Waals surface area (Å²) in [6.45, 7) is 6.08. The Labute approximate surface area is 96.2 Å². The van der Waals surface area contributed by atoms with E-state index in [0.29, 0.717) is 11.4 Å². The SMILES string of the molecule is CCC(C)(C)N(C)C(=O)c1nn(C)cc1N. The number of aromatic nitrogens is 2. The minimum absolute atomic E-state index is 0.134. The number of nitrogens with two attached hydrogens (primary N) is 1. The molecule has 0 bridgehead atoms. The molecular weight excluding hydrogens is 204 g/mol. The van der Waals surface area contributed by atoms with Gasteiger partial charge in [-0.3, -0.25) is 9.48 Å². The molecule has 0 saturated carbocycles. The highest BCUT2D eigenvalue weighted by Crippen LogP contribution is 2.20. The van der Waals surface area contributed by atoms with Crippen molar-refractivity contribution in [3.63, 3.8) is 0 Å². The van der Waals surface area contributed by atoms with Gasteiger partial charge in [0.25, 0.3) is 5.91 Å². The summed E-state index contributed by atoms with van der Waals surface area (Å²) in [4.78, 5) is 13.8. The molecule has 16 heavy (non-hydrogen) atoms. The third kappa shape index (κ3) is 2.18. The predicted molar refractivity (Wildman–Crippen MR) is 64.1 cm³/mol. The molecule has 1 aromatic rings. The summed E-state index contributed by atoms with van der Waals surface area (Å²) in [5.41, 5.74) is 6.29. The highest BCUT2D eigenvalue weighted by Gasteiger charge is 2.28. The fourth-order valence-corrected chi connectivity index (χ4v) is 1.34. The Morgan fingerprint density at radius 3 is 2.56 bits per heavy atom. The molecule has 0 fully saturated rings. The van der Waals surface area contributed by atoms with Crippen LogP contribution in [0.1, 0.15) is 37.7 Å². The van der Waals surface area contributed by atoms with Gasteiger partial charge in [-0.1, -0.05) is 6.92 Å². The molecule has 0 atom stereocenters. The Kier molecular flexibility index (Phi) is 3.26. The smallest absolute Gasteiger partial charge is 0.276 e. The largest absolute Gasteiger partial charge is 0.396 e. The summed E-state index contributed by atoms with van der Waals surface area (Å²) in [6.07, 6.45) is 2.52. The van der Waals surface area contributed by atoms with Crippen LogP contribution in [0.3, 0.4) is 0 Å². The molecule has 5 nitrogen and oxygen atoms in total. The van der Waals surface area contributed by atoms with E-state index < -0.39 is 0 Å². The van der Waals surface area contributed by atoms with Crippen molar-refractivity contribution in [2.24, 2.45) is 7.05 Å². The zero-order valence-corrected chi connectivity index (χ0v) is 10.6. The topological polar surface area (TPSA) is 64.2 Å². The van der Waals surface area contributed by atoms with Gasteiger partial charge in [-0.2, -0.15) is 5.10 Å². The van der Waals surface area contributed by atoms with Gasteiger partial charge in [0, 0.05) is 25.8 Å². The summed E-state index contributed by atoms with van der Waals surface area (Å²) < 4.78 is 1.55. The number of hydrogen-bond acceptors (Lipinski definition) is 3. The molecule has 0 saturated heterocycles. The average Bonchev–Trinajstić information content (AvgIpc) is 2.55. The van der Waals surface area contributed by atoms with Crippen LogP contribution in [-0.4, -0.2) is 33.2 Å². The summed E-state index contributed by atoms with van der Waals surface area (Å²) in [7, 11) is 3.53. The zero-order valence-electron chi connectivity index (χ0n) is 10.6. The van der Waals surface area contributed by atoms with Crippen LogP contribution in [0.4, 0.5) is 5.69 Å². The van der Waals surface area contributed by atoms with Gasteiger partial charge in [0.15, 0.2) is 5.69 Å². The van der Waals surface area contributed by atoms with Crippen LogP contribution in [0.25, 0.3) is 0 Å². The Balaban J connectivity index is 2.99. The number of hydrogen-bond donors (Lipinski definition) is 1. The molecule has 2 N–H and O–H groups in total. The molecule has 0 unspecified atom stereocenters. The first kappa shape index (κ1) is 12.5. The van der Waals surface area contributed by atoms with Crippen LogP contribution in [0.2, 0.25) is 0 Å². The lowest BCUT2D eigenvalue weighted by atomic mass is 9.99. The Hall–Kier alpha value is -1.52. The molecule has 0 aliphatic carbocycles. The maximum absolute atomic E-state index is 12.2. The molecule has 1 aromatic heterocycles. The molecule has 0 aliphatic heterocycles. The van der Waals surface area contributed by atoms with E-state index in [1.165, 1.54) is 0 Å².